The van der Waals surface area contributed by atoms with Gasteiger partial charge in [-0.3, -0.25) is 4.79 Å². The number of pyridine rings is 1. The lowest BCUT2D eigenvalue weighted by Crippen LogP contribution is -2.26. The third-order valence-electron chi connectivity index (χ3n) is 3.60. The van der Waals surface area contributed by atoms with Gasteiger partial charge in [-0.25, -0.2) is 4.98 Å². The maximum absolute atomic E-state index is 12.3. The lowest BCUT2D eigenvalue weighted by Gasteiger charge is -2.23. The van der Waals surface area contributed by atoms with Crippen molar-refractivity contribution in [2.45, 2.75) is 18.9 Å². The summed E-state index contributed by atoms with van der Waals surface area (Å²) in [4.78, 5) is 16.4. The third-order valence-corrected chi connectivity index (χ3v) is 4.10. The van der Waals surface area contributed by atoms with Gasteiger partial charge in [-0.2, -0.15) is 0 Å². The summed E-state index contributed by atoms with van der Waals surface area (Å²) in [6, 6.07) is 8.45. The Morgan fingerprint density at radius 2 is 2.04 bits per heavy atom. The van der Waals surface area contributed by atoms with Gasteiger partial charge in [0.05, 0.1) is 18.8 Å². The van der Waals surface area contributed by atoms with Crippen molar-refractivity contribution < 1.29 is 14.3 Å². The van der Waals surface area contributed by atoms with Crippen molar-refractivity contribution in [3.05, 3.63) is 52.1 Å². The summed E-state index contributed by atoms with van der Waals surface area (Å²) in [7, 11) is 0. The molecule has 1 aliphatic heterocycles. The number of hydrogen-bond acceptors (Lipinski definition) is 4. The molecule has 5 nitrogen and oxygen atoms in total. The van der Waals surface area contributed by atoms with E-state index in [-0.39, 0.29) is 12.0 Å². The van der Waals surface area contributed by atoms with Gasteiger partial charge in [-0.05, 0) is 24.3 Å². The summed E-state index contributed by atoms with van der Waals surface area (Å²) in [5, 5.41) is 3.60. The molecule has 0 unspecified atom stereocenters. The van der Waals surface area contributed by atoms with Crippen LogP contribution in [0.2, 0.25) is 10.0 Å². The van der Waals surface area contributed by atoms with Crippen LogP contribution in [0.4, 0.5) is 5.69 Å². The Hall–Kier alpha value is -1.82. The number of anilines is 1. The maximum Gasteiger partial charge on any atom is 0.257 e. The van der Waals surface area contributed by atoms with Crippen LogP contribution in [0.15, 0.2) is 36.5 Å². The minimum absolute atomic E-state index is 0.0369. The molecule has 1 aliphatic rings. The molecule has 126 valence electrons. The number of carbonyl (C=O) groups is 1. The molecule has 0 radical (unpaired) electrons. The zero-order valence-corrected chi connectivity index (χ0v) is 14.3. The highest BCUT2D eigenvalue weighted by atomic mass is 35.5. The first-order valence-electron chi connectivity index (χ1n) is 7.58. The smallest absolute Gasteiger partial charge is 0.257 e. The van der Waals surface area contributed by atoms with Gasteiger partial charge in [-0.15, -0.1) is 0 Å². The molecule has 1 amide bonds. The summed E-state index contributed by atoms with van der Waals surface area (Å²) >= 11 is 12.1. The average molecular weight is 367 g/mol. The summed E-state index contributed by atoms with van der Waals surface area (Å²) in [5.41, 5.74) is 0.949. The van der Waals surface area contributed by atoms with Gasteiger partial charge in [0.2, 0.25) is 5.88 Å². The molecule has 1 aromatic carbocycles. The van der Waals surface area contributed by atoms with Gasteiger partial charge in [0.1, 0.15) is 11.1 Å². The van der Waals surface area contributed by atoms with E-state index < -0.39 is 0 Å². The number of nitrogens with one attached hydrogen (secondary N) is 1. The molecule has 24 heavy (non-hydrogen) atoms. The first kappa shape index (κ1) is 17.0. The topological polar surface area (TPSA) is 60.5 Å². The Labute approximate surface area is 149 Å². The van der Waals surface area contributed by atoms with Crippen LogP contribution in [0.3, 0.4) is 0 Å². The van der Waals surface area contributed by atoms with Gasteiger partial charge >= 0.3 is 0 Å². The number of nitrogens with zero attached hydrogens (tertiary/aromatic N) is 1. The summed E-state index contributed by atoms with van der Waals surface area (Å²) in [5.74, 6) is 0.0205. The number of rotatable bonds is 4. The van der Waals surface area contributed by atoms with Crippen LogP contribution in [0.25, 0.3) is 0 Å². The second-order valence-corrected chi connectivity index (χ2v) is 6.25. The van der Waals surface area contributed by atoms with Crippen LogP contribution in [-0.2, 0) is 4.74 Å². The molecule has 0 bridgehead atoms. The highest BCUT2D eigenvalue weighted by Gasteiger charge is 2.18. The first-order chi connectivity index (χ1) is 11.6. The monoisotopic (exact) mass is 366 g/mol. The molecule has 1 fully saturated rings. The van der Waals surface area contributed by atoms with E-state index in [1.807, 2.05) is 0 Å². The van der Waals surface area contributed by atoms with Gasteiger partial charge in [0.15, 0.2) is 0 Å². The number of ether oxygens (including phenoxy) is 2. The van der Waals surface area contributed by atoms with Gasteiger partial charge < -0.3 is 14.8 Å². The van der Waals surface area contributed by atoms with E-state index in [1.54, 1.807) is 30.3 Å². The second-order valence-electron chi connectivity index (χ2n) is 5.41. The van der Waals surface area contributed by atoms with Crippen molar-refractivity contribution in [2.24, 2.45) is 0 Å². The average Bonchev–Trinajstić information content (AvgIpc) is 2.57. The van der Waals surface area contributed by atoms with E-state index in [0.29, 0.717) is 40.4 Å². The Kier molecular flexibility index (Phi) is 5.56. The fourth-order valence-corrected chi connectivity index (χ4v) is 2.76. The molecular formula is C17H16Cl2N2O3. The number of hydrogen-bond donors (Lipinski definition) is 1. The van der Waals surface area contributed by atoms with E-state index in [0.717, 1.165) is 12.8 Å². The number of carbonyl (C=O) groups excluding carboxylic acids is 1. The Morgan fingerprint density at radius 1 is 1.25 bits per heavy atom. The zero-order chi connectivity index (χ0) is 16.9. The molecule has 0 atom stereocenters. The fourth-order valence-electron chi connectivity index (χ4n) is 2.36. The number of amides is 1. The van der Waals surface area contributed by atoms with Crippen LogP contribution in [0.5, 0.6) is 5.88 Å². The molecule has 2 heterocycles. The van der Waals surface area contributed by atoms with Crippen molar-refractivity contribution in [2.75, 3.05) is 18.5 Å². The predicted molar refractivity (Wildman–Crippen MR) is 93.1 cm³/mol. The molecule has 0 aliphatic carbocycles. The standard InChI is InChI=1S/C17H16Cl2N2O3/c18-12-2-1-3-13(9-12)21-16(22)11-8-15(19)17(20-10-11)24-14-4-6-23-7-5-14/h1-3,8-10,14H,4-7H2,(H,21,22). The second kappa shape index (κ2) is 7.83. The van der Waals surface area contributed by atoms with Gasteiger partial charge in [0, 0.05) is 29.7 Å². The minimum Gasteiger partial charge on any atom is -0.473 e. The summed E-state index contributed by atoms with van der Waals surface area (Å²) in [6.07, 6.45) is 3.08. The van der Waals surface area contributed by atoms with E-state index in [9.17, 15) is 4.79 Å². The van der Waals surface area contributed by atoms with Crippen molar-refractivity contribution in [1.82, 2.24) is 4.98 Å². The Balaban J connectivity index is 1.68. The molecule has 1 N–H and O–H groups in total. The molecular weight excluding hydrogens is 351 g/mol. The van der Waals surface area contributed by atoms with Crippen molar-refractivity contribution in [3.63, 3.8) is 0 Å². The molecule has 2 aromatic rings. The van der Waals surface area contributed by atoms with Crippen LogP contribution in [0, 0.1) is 0 Å². The number of halogens is 2. The molecule has 3 rings (SSSR count). The molecule has 0 spiro atoms. The van der Waals surface area contributed by atoms with E-state index in [4.69, 9.17) is 32.7 Å². The lowest BCUT2D eigenvalue weighted by molar-refractivity contribution is 0.0238. The summed E-state index contributed by atoms with van der Waals surface area (Å²) in [6.45, 7) is 1.34. The zero-order valence-electron chi connectivity index (χ0n) is 12.8. The molecule has 1 saturated heterocycles. The predicted octanol–water partition coefficient (Wildman–Crippen LogP) is 4.20. The Bertz CT molecular complexity index is 734. The van der Waals surface area contributed by atoms with Gasteiger partial charge in [0.25, 0.3) is 5.91 Å². The highest BCUT2D eigenvalue weighted by molar-refractivity contribution is 6.32. The third kappa shape index (κ3) is 4.38. The van der Waals surface area contributed by atoms with E-state index in [2.05, 4.69) is 10.3 Å². The normalized spacial score (nSPS) is 15.1. The van der Waals surface area contributed by atoms with Crippen LogP contribution < -0.4 is 10.1 Å². The van der Waals surface area contributed by atoms with Crippen molar-refractivity contribution >= 4 is 34.8 Å². The lowest BCUT2D eigenvalue weighted by atomic mass is 10.1. The molecule has 0 saturated carbocycles. The number of benzene rings is 1. The quantitative estimate of drug-likeness (QED) is 0.880. The van der Waals surface area contributed by atoms with Crippen molar-refractivity contribution in [1.29, 1.82) is 0 Å². The first-order valence-corrected chi connectivity index (χ1v) is 8.34. The van der Waals surface area contributed by atoms with Crippen LogP contribution in [0.1, 0.15) is 23.2 Å². The van der Waals surface area contributed by atoms with Crippen molar-refractivity contribution in [3.8, 4) is 5.88 Å². The molecule has 7 heteroatoms. The SMILES string of the molecule is O=C(Nc1cccc(Cl)c1)c1cnc(OC2CCOCC2)c(Cl)c1. The summed E-state index contributed by atoms with van der Waals surface area (Å²) < 4.78 is 11.1. The fraction of sp³-hybridized carbons (Fsp3) is 0.294. The molecule has 1 aromatic heterocycles. The van der Waals surface area contributed by atoms with Crippen LogP contribution >= 0.6 is 23.2 Å². The highest BCUT2D eigenvalue weighted by Crippen LogP contribution is 2.26. The minimum atomic E-state index is -0.315. The number of aromatic nitrogens is 1. The Morgan fingerprint density at radius 3 is 2.75 bits per heavy atom. The van der Waals surface area contributed by atoms with E-state index >= 15 is 0 Å². The maximum atomic E-state index is 12.3. The van der Waals surface area contributed by atoms with E-state index in [1.165, 1.54) is 6.20 Å². The van der Waals surface area contributed by atoms with Gasteiger partial charge in [-0.1, -0.05) is 29.3 Å². The largest absolute Gasteiger partial charge is 0.473 e. The van der Waals surface area contributed by atoms with Crippen LogP contribution in [-0.4, -0.2) is 30.2 Å².